The van der Waals surface area contributed by atoms with Crippen molar-refractivity contribution in [1.82, 2.24) is 15.5 Å². The van der Waals surface area contributed by atoms with E-state index in [1.807, 2.05) is 13.0 Å². The van der Waals surface area contributed by atoms with Crippen LogP contribution >= 0.6 is 0 Å². The molecule has 1 aromatic carbocycles. The van der Waals surface area contributed by atoms with E-state index in [-0.39, 0.29) is 17.6 Å². The lowest BCUT2D eigenvalue weighted by Gasteiger charge is -2.33. The third kappa shape index (κ3) is 5.49. The van der Waals surface area contributed by atoms with E-state index in [1.165, 1.54) is 5.56 Å². The second-order valence-corrected chi connectivity index (χ2v) is 8.27. The van der Waals surface area contributed by atoms with Crippen molar-refractivity contribution in [3.63, 3.8) is 0 Å². The minimum absolute atomic E-state index is 0.124. The number of carbonyl (C=O) groups is 1. The first kappa shape index (κ1) is 22.1. The maximum absolute atomic E-state index is 11.9. The summed E-state index contributed by atoms with van der Waals surface area (Å²) < 4.78 is 16.4. The number of carbonyl (C=O) groups excluding carboxylic acids is 1. The first-order valence-electron chi connectivity index (χ1n) is 10.7. The monoisotopic (exact) mass is 418 g/mol. The highest BCUT2D eigenvalue weighted by atomic mass is 16.6. The van der Waals surface area contributed by atoms with Crippen LogP contribution in [-0.2, 0) is 10.2 Å². The molecule has 0 aromatic heterocycles. The van der Waals surface area contributed by atoms with E-state index in [1.54, 1.807) is 11.9 Å². The van der Waals surface area contributed by atoms with E-state index in [4.69, 9.17) is 14.2 Å². The number of piperidine rings is 1. The standard InChI is InChI=1S/C22H34N4O4/c1-5-28-21(27)26-10-8-17(9-11-26)25-20(23-4)24-15-22(2,3)16-6-7-18-19(14-16)30-13-12-29-18/h6-7,14,17H,5,8-13,15H2,1-4H3,(H2,23,24,25). The van der Waals surface area contributed by atoms with Gasteiger partial charge in [0, 0.05) is 38.1 Å². The topological polar surface area (TPSA) is 84.4 Å². The lowest BCUT2D eigenvalue weighted by atomic mass is 9.84. The summed E-state index contributed by atoms with van der Waals surface area (Å²) >= 11 is 0. The molecule has 1 fully saturated rings. The smallest absolute Gasteiger partial charge is 0.409 e. The van der Waals surface area contributed by atoms with Gasteiger partial charge in [-0.3, -0.25) is 4.99 Å². The average Bonchev–Trinajstić information content (AvgIpc) is 2.77. The normalized spacial score (nSPS) is 17.5. The summed E-state index contributed by atoms with van der Waals surface area (Å²) in [6.07, 6.45) is 1.51. The zero-order chi connectivity index (χ0) is 21.6. The molecule has 0 atom stereocenters. The molecule has 0 bridgehead atoms. The Morgan fingerprint density at radius 1 is 1.23 bits per heavy atom. The molecule has 30 heavy (non-hydrogen) atoms. The molecule has 2 aliphatic heterocycles. The molecule has 2 heterocycles. The SMILES string of the molecule is CCOC(=O)N1CCC(NC(=NC)NCC(C)(C)c2ccc3c(c2)OCCO3)CC1. The summed E-state index contributed by atoms with van der Waals surface area (Å²) in [5, 5.41) is 6.94. The molecule has 1 amide bonds. The van der Waals surface area contributed by atoms with Crippen LogP contribution in [0.5, 0.6) is 11.5 Å². The van der Waals surface area contributed by atoms with Gasteiger partial charge in [-0.1, -0.05) is 19.9 Å². The fraction of sp³-hybridized carbons (Fsp3) is 0.636. The lowest BCUT2D eigenvalue weighted by Crippen LogP contribution is -2.51. The molecule has 0 unspecified atom stereocenters. The van der Waals surface area contributed by atoms with Crippen LogP contribution in [0.25, 0.3) is 0 Å². The molecular formula is C22H34N4O4. The van der Waals surface area contributed by atoms with E-state index in [2.05, 4.69) is 41.6 Å². The number of amides is 1. The van der Waals surface area contributed by atoms with Crippen molar-refractivity contribution in [2.45, 2.75) is 45.1 Å². The maximum Gasteiger partial charge on any atom is 0.409 e. The number of rotatable bonds is 5. The van der Waals surface area contributed by atoms with E-state index in [0.717, 1.165) is 30.3 Å². The van der Waals surface area contributed by atoms with Gasteiger partial charge < -0.3 is 29.7 Å². The van der Waals surface area contributed by atoms with Gasteiger partial charge in [-0.05, 0) is 37.5 Å². The molecule has 0 saturated carbocycles. The summed E-state index contributed by atoms with van der Waals surface area (Å²) in [4.78, 5) is 18.0. The molecule has 1 saturated heterocycles. The predicted octanol–water partition coefficient (Wildman–Crippen LogP) is 2.52. The van der Waals surface area contributed by atoms with Gasteiger partial charge in [0.1, 0.15) is 13.2 Å². The fourth-order valence-corrected chi connectivity index (χ4v) is 3.68. The minimum Gasteiger partial charge on any atom is -0.486 e. The first-order chi connectivity index (χ1) is 14.4. The Morgan fingerprint density at radius 3 is 2.60 bits per heavy atom. The van der Waals surface area contributed by atoms with Crippen LogP contribution in [0.1, 0.15) is 39.2 Å². The quantitative estimate of drug-likeness (QED) is 0.565. The van der Waals surface area contributed by atoms with Crippen molar-refractivity contribution in [2.75, 3.05) is 46.5 Å². The van der Waals surface area contributed by atoms with Crippen LogP contribution in [0.4, 0.5) is 4.79 Å². The Morgan fingerprint density at radius 2 is 1.93 bits per heavy atom. The molecule has 0 radical (unpaired) electrons. The van der Waals surface area contributed by atoms with E-state index in [9.17, 15) is 4.79 Å². The highest BCUT2D eigenvalue weighted by Gasteiger charge is 2.26. The van der Waals surface area contributed by atoms with Crippen LogP contribution < -0.4 is 20.1 Å². The number of likely N-dealkylation sites (tertiary alicyclic amines) is 1. The van der Waals surface area contributed by atoms with Crippen molar-refractivity contribution in [1.29, 1.82) is 0 Å². The number of guanidine groups is 1. The molecule has 3 rings (SSSR count). The Bertz CT molecular complexity index is 758. The Hall–Kier alpha value is -2.64. The number of nitrogens with zero attached hydrogens (tertiary/aromatic N) is 2. The minimum atomic E-state index is -0.223. The van der Waals surface area contributed by atoms with Crippen molar-refractivity contribution < 1.29 is 19.0 Å². The van der Waals surface area contributed by atoms with E-state index in [0.29, 0.717) is 39.5 Å². The second kappa shape index (κ2) is 9.91. The first-order valence-corrected chi connectivity index (χ1v) is 10.7. The number of hydrogen-bond donors (Lipinski definition) is 2. The molecular weight excluding hydrogens is 384 g/mol. The van der Waals surface area contributed by atoms with Crippen molar-refractivity contribution in [3.05, 3.63) is 23.8 Å². The van der Waals surface area contributed by atoms with E-state index >= 15 is 0 Å². The molecule has 8 nitrogen and oxygen atoms in total. The molecule has 8 heteroatoms. The number of benzene rings is 1. The van der Waals surface area contributed by atoms with Gasteiger partial charge in [0.15, 0.2) is 17.5 Å². The molecule has 0 aliphatic carbocycles. The van der Waals surface area contributed by atoms with Crippen LogP contribution in [0.15, 0.2) is 23.2 Å². The summed E-state index contributed by atoms with van der Waals surface area (Å²) in [5.41, 5.74) is 1.05. The van der Waals surface area contributed by atoms with Gasteiger partial charge >= 0.3 is 6.09 Å². The Balaban J connectivity index is 1.51. The molecule has 0 spiro atoms. The van der Waals surface area contributed by atoms with Crippen molar-refractivity contribution >= 4 is 12.1 Å². The average molecular weight is 419 g/mol. The van der Waals surface area contributed by atoms with Crippen LogP contribution in [-0.4, -0.2) is 69.5 Å². The molecule has 166 valence electrons. The highest BCUT2D eigenvalue weighted by Crippen LogP contribution is 2.34. The van der Waals surface area contributed by atoms with Crippen LogP contribution in [0, 0.1) is 0 Å². The summed E-state index contributed by atoms with van der Waals surface area (Å²) in [5.74, 6) is 2.39. The van der Waals surface area contributed by atoms with Crippen molar-refractivity contribution in [2.24, 2.45) is 4.99 Å². The summed E-state index contributed by atoms with van der Waals surface area (Å²) in [7, 11) is 1.78. The highest BCUT2D eigenvalue weighted by molar-refractivity contribution is 5.80. The second-order valence-electron chi connectivity index (χ2n) is 8.27. The van der Waals surface area contributed by atoms with E-state index < -0.39 is 0 Å². The van der Waals surface area contributed by atoms with Gasteiger partial charge in [0.05, 0.1) is 6.61 Å². The molecule has 1 aromatic rings. The van der Waals surface area contributed by atoms with Gasteiger partial charge in [-0.2, -0.15) is 0 Å². The van der Waals surface area contributed by atoms with Crippen LogP contribution in [0.2, 0.25) is 0 Å². The summed E-state index contributed by atoms with van der Waals surface area (Å²) in [6.45, 7) is 9.90. The number of hydrogen-bond acceptors (Lipinski definition) is 5. The predicted molar refractivity (Wildman–Crippen MR) is 117 cm³/mol. The Labute approximate surface area is 179 Å². The fourth-order valence-electron chi connectivity index (χ4n) is 3.68. The lowest BCUT2D eigenvalue weighted by molar-refractivity contribution is 0.0963. The maximum atomic E-state index is 11.9. The van der Waals surface area contributed by atoms with Gasteiger partial charge in [-0.25, -0.2) is 4.79 Å². The zero-order valence-electron chi connectivity index (χ0n) is 18.5. The van der Waals surface area contributed by atoms with Gasteiger partial charge in [0.25, 0.3) is 0 Å². The number of ether oxygens (including phenoxy) is 3. The third-order valence-electron chi connectivity index (χ3n) is 5.61. The van der Waals surface area contributed by atoms with Gasteiger partial charge in [-0.15, -0.1) is 0 Å². The zero-order valence-corrected chi connectivity index (χ0v) is 18.5. The van der Waals surface area contributed by atoms with Crippen molar-refractivity contribution in [3.8, 4) is 11.5 Å². The largest absolute Gasteiger partial charge is 0.486 e. The number of fused-ring (bicyclic) bond motifs is 1. The summed E-state index contributed by atoms with van der Waals surface area (Å²) in [6, 6.07) is 6.42. The molecule has 2 aliphatic rings. The molecule has 2 N–H and O–H groups in total. The van der Waals surface area contributed by atoms with Crippen LogP contribution in [0.3, 0.4) is 0 Å². The number of nitrogens with one attached hydrogen (secondary N) is 2. The number of aliphatic imine (C=N–C) groups is 1. The third-order valence-corrected chi connectivity index (χ3v) is 5.61. The Kier molecular flexibility index (Phi) is 7.29. The van der Waals surface area contributed by atoms with Gasteiger partial charge in [0.2, 0.25) is 0 Å².